The minimum atomic E-state index is -4.00. The first kappa shape index (κ1) is 29.3. The average Bonchev–Trinajstić information content (AvgIpc) is 3.20. The standard InChI is InChI=1S/C25H24FN3O8S2/c1-4-36-24(32)20-14(3)19(22(31)28-25(33)37-5-2)23(38-20)27-21(30)15-6-10-17(11-7-15)29-39(34,35)18-12-8-16(26)9-13-18/h6-13,29H,4-5H2,1-3H3,(H,27,30)(H,28,31,33). The molecule has 14 heteroatoms. The number of sulfonamides is 1. The summed E-state index contributed by atoms with van der Waals surface area (Å²) >= 11 is 0.798. The number of carbonyl (C=O) groups is 4. The Hall–Kier alpha value is -4.30. The zero-order valence-electron chi connectivity index (χ0n) is 21.0. The first-order valence-corrected chi connectivity index (χ1v) is 13.7. The van der Waals surface area contributed by atoms with Crippen molar-refractivity contribution in [2.45, 2.75) is 25.7 Å². The summed E-state index contributed by atoms with van der Waals surface area (Å²) in [6.07, 6.45) is -0.998. The summed E-state index contributed by atoms with van der Waals surface area (Å²) in [7, 11) is -4.00. The van der Waals surface area contributed by atoms with Gasteiger partial charge in [-0.05, 0) is 74.9 Å². The highest BCUT2D eigenvalue weighted by molar-refractivity contribution is 7.92. The number of hydrogen-bond donors (Lipinski definition) is 3. The number of rotatable bonds is 9. The molecule has 206 valence electrons. The van der Waals surface area contributed by atoms with Crippen molar-refractivity contribution in [3.63, 3.8) is 0 Å². The third kappa shape index (κ3) is 7.18. The van der Waals surface area contributed by atoms with Crippen LogP contribution < -0.4 is 15.4 Å². The van der Waals surface area contributed by atoms with Crippen LogP contribution in [0.15, 0.2) is 53.4 Å². The third-order valence-electron chi connectivity index (χ3n) is 5.08. The molecule has 2 aromatic carbocycles. The molecule has 39 heavy (non-hydrogen) atoms. The summed E-state index contributed by atoms with van der Waals surface area (Å²) in [4.78, 5) is 49.8. The molecule has 0 aliphatic rings. The van der Waals surface area contributed by atoms with E-state index in [0.717, 1.165) is 35.6 Å². The Morgan fingerprint density at radius 1 is 0.897 bits per heavy atom. The van der Waals surface area contributed by atoms with Gasteiger partial charge in [-0.2, -0.15) is 0 Å². The number of ether oxygens (including phenoxy) is 2. The van der Waals surface area contributed by atoms with Gasteiger partial charge in [0.1, 0.15) is 15.7 Å². The molecule has 0 fully saturated rings. The zero-order valence-corrected chi connectivity index (χ0v) is 22.6. The van der Waals surface area contributed by atoms with E-state index in [1.165, 1.54) is 31.2 Å². The molecule has 11 nitrogen and oxygen atoms in total. The fourth-order valence-electron chi connectivity index (χ4n) is 3.28. The van der Waals surface area contributed by atoms with Crippen LogP contribution in [0.3, 0.4) is 0 Å². The van der Waals surface area contributed by atoms with Crippen LogP contribution in [0, 0.1) is 12.7 Å². The summed E-state index contributed by atoms with van der Waals surface area (Å²) in [5.41, 5.74) is 0.316. The van der Waals surface area contributed by atoms with Crippen LogP contribution >= 0.6 is 11.3 Å². The van der Waals surface area contributed by atoms with Crippen LogP contribution in [0.5, 0.6) is 0 Å². The molecule has 0 aliphatic carbocycles. The van der Waals surface area contributed by atoms with Crippen LogP contribution in [0.4, 0.5) is 19.9 Å². The zero-order chi connectivity index (χ0) is 28.7. The van der Waals surface area contributed by atoms with E-state index in [2.05, 4.69) is 10.0 Å². The summed E-state index contributed by atoms with van der Waals surface area (Å²) < 4.78 is 50.2. The van der Waals surface area contributed by atoms with Gasteiger partial charge >= 0.3 is 12.1 Å². The Morgan fingerprint density at radius 3 is 2.10 bits per heavy atom. The van der Waals surface area contributed by atoms with Crippen molar-refractivity contribution >= 4 is 55.9 Å². The van der Waals surface area contributed by atoms with E-state index in [9.17, 15) is 32.0 Å². The first-order chi connectivity index (χ1) is 18.5. The number of carbonyl (C=O) groups excluding carboxylic acids is 4. The minimum absolute atomic E-state index is 0.0107. The van der Waals surface area contributed by atoms with Crippen molar-refractivity contribution in [3.05, 3.63) is 75.9 Å². The lowest BCUT2D eigenvalue weighted by Crippen LogP contribution is -2.32. The van der Waals surface area contributed by atoms with Gasteiger partial charge in [-0.15, -0.1) is 11.3 Å². The van der Waals surface area contributed by atoms with Gasteiger partial charge in [0.15, 0.2) is 0 Å². The van der Waals surface area contributed by atoms with E-state index in [1.54, 1.807) is 13.8 Å². The molecule has 3 N–H and O–H groups in total. The third-order valence-corrected chi connectivity index (χ3v) is 7.66. The summed E-state index contributed by atoms with van der Waals surface area (Å²) in [5, 5.41) is 4.58. The molecule has 0 saturated heterocycles. The van der Waals surface area contributed by atoms with Gasteiger partial charge in [0.25, 0.3) is 21.8 Å². The lowest BCUT2D eigenvalue weighted by atomic mass is 10.1. The molecule has 1 aromatic heterocycles. The largest absolute Gasteiger partial charge is 0.462 e. The first-order valence-electron chi connectivity index (χ1n) is 11.4. The quantitative estimate of drug-likeness (QED) is 0.318. The molecule has 0 radical (unpaired) electrons. The number of benzene rings is 2. The van der Waals surface area contributed by atoms with Gasteiger partial charge in [0, 0.05) is 11.3 Å². The Morgan fingerprint density at radius 2 is 1.51 bits per heavy atom. The maximum absolute atomic E-state index is 13.1. The van der Waals surface area contributed by atoms with Crippen LogP contribution in [-0.4, -0.2) is 45.5 Å². The number of esters is 1. The maximum Gasteiger partial charge on any atom is 0.414 e. The monoisotopic (exact) mass is 577 g/mol. The average molecular weight is 578 g/mol. The molecule has 3 rings (SSSR count). The van der Waals surface area contributed by atoms with Gasteiger partial charge < -0.3 is 14.8 Å². The number of anilines is 2. The second-order valence-corrected chi connectivity index (χ2v) is 10.4. The fraction of sp³-hybridized carbons (Fsp3) is 0.200. The highest BCUT2D eigenvalue weighted by atomic mass is 32.2. The molecular formula is C25H24FN3O8S2. The molecule has 0 spiro atoms. The van der Waals surface area contributed by atoms with Crippen LogP contribution in [0.2, 0.25) is 0 Å². The normalized spacial score (nSPS) is 10.9. The molecule has 0 bridgehead atoms. The van der Waals surface area contributed by atoms with Crippen molar-refractivity contribution in [2.24, 2.45) is 0 Å². The van der Waals surface area contributed by atoms with Crippen molar-refractivity contribution < 1.29 is 41.5 Å². The van der Waals surface area contributed by atoms with E-state index in [0.29, 0.717) is 0 Å². The van der Waals surface area contributed by atoms with Gasteiger partial charge in [0.2, 0.25) is 0 Å². The molecule has 3 amide bonds. The highest BCUT2D eigenvalue weighted by Gasteiger charge is 2.28. The predicted octanol–water partition coefficient (Wildman–Crippen LogP) is 4.31. The number of nitrogens with one attached hydrogen (secondary N) is 3. The minimum Gasteiger partial charge on any atom is -0.462 e. The molecular weight excluding hydrogens is 553 g/mol. The number of halogens is 1. The van der Waals surface area contributed by atoms with E-state index in [4.69, 9.17) is 9.47 Å². The molecule has 1 heterocycles. The lowest BCUT2D eigenvalue weighted by molar-refractivity contribution is 0.0531. The molecule has 0 aliphatic heterocycles. The van der Waals surface area contributed by atoms with Crippen LogP contribution in [0.25, 0.3) is 0 Å². The Kier molecular flexibility index (Phi) is 9.37. The van der Waals surface area contributed by atoms with Crippen molar-refractivity contribution in [2.75, 3.05) is 23.3 Å². The molecule has 0 unspecified atom stereocenters. The van der Waals surface area contributed by atoms with Crippen molar-refractivity contribution in [1.82, 2.24) is 5.32 Å². The summed E-state index contributed by atoms with van der Waals surface area (Å²) in [6, 6.07) is 9.62. The van der Waals surface area contributed by atoms with E-state index in [-0.39, 0.29) is 50.4 Å². The Bertz CT molecular complexity index is 1500. The maximum atomic E-state index is 13.1. The number of thiophene rings is 1. The number of amides is 3. The summed E-state index contributed by atoms with van der Waals surface area (Å²) in [5.74, 6) is -2.85. The van der Waals surface area contributed by atoms with E-state index < -0.39 is 39.7 Å². The van der Waals surface area contributed by atoms with Gasteiger partial charge in [0.05, 0.1) is 23.7 Å². The van der Waals surface area contributed by atoms with Gasteiger partial charge in [-0.3, -0.25) is 19.6 Å². The fourth-order valence-corrected chi connectivity index (χ4v) is 5.43. The smallest absolute Gasteiger partial charge is 0.414 e. The second kappa shape index (κ2) is 12.5. The molecule has 0 saturated carbocycles. The van der Waals surface area contributed by atoms with Gasteiger partial charge in [-0.1, -0.05) is 0 Å². The Balaban J connectivity index is 1.83. The molecule has 0 atom stereocenters. The summed E-state index contributed by atoms with van der Waals surface area (Å²) in [6.45, 7) is 4.75. The topological polar surface area (TPSA) is 157 Å². The van der Waals surface area contributed by atoms with Crippen molar-refractivity contribution in [3.8, 4) is 0 Å². The number of imide groups is 1. The van der Waals surface area contributed by atoms with Gasteiger partial charge in [-0.25, -0.2) is 22.4 Å². The number of alkyl carbamates (subject to hydrolysis) is 1. The lowest BCUT2D eigenvalue weighted by Gasteiger charge is -2.10. The second-order valence-electron chi connectivity index (χ2n) is 7.75. The Labute approximate surface area is 227 Å². The van der Waals surface area contributed by atoms with Crippen LogP contribution in [-0.2, 0) is 19.5 Å². The van der Waals surface area contributed by atoms with Crippen LogP contribution in [0.1, 0.15) is 49.8 Å². The van der Waals surface area contributed by atoms with E-state index in [1.807, 2.05) is 5.32 Å². The molecule has 3 aromatic rings. The predicted molar refractivity (Wildman–Crippen MR) is 141 cm³/mol. The van der Waals surface area contributed by atoms with Crippen molar-refractivity contribution in [1.29, 1.82) is 0 Å². The van der Waals surface area contributed by atoms with E-state index >= 15 is 0 Å². The number of hydrogen-bond acceptors (Lipinski definition) is 9. The SMILES string of the molecule is CCOC(=O)NC(=O)c1c(NC(=O)c2ccc(NS(=O)(=O)c3ccc(F)cc3)cc2)sc(C(=O)OCC)c1C. The highest BCUT2D eigenvalue weighted by Crippen LogP contribution is 2.34.